The number of pyridine rings is 1. The number of aromatic nitrogens is 6. The standard InChI is InChI=1S/C33H36N8O4/c1-32(2,36-18-21(42)19-44-25-11-6-10-24-27(25)33(31(43)37-24)13-3-4-14-33)16-20-17-35-28-22(20)8-5-12-26(28)45-30-23(9-7-15-34-30)29-38-40-41-39-29/h5-12,15,17,21,35-36,42H,3-4,13-14,16,18-19H2,1-2H3,(H,37,43)(H,38,39,40,41). The molecule has 12 nitrogen and oxygen atoms in total. The summed E-state index contributed by atoms with van der Waals surface area (Å²) in [5.74, 6) is 2.15. The Morgan fingerprint density at radius 1 is 1.09 bits per heavy atom. The van der Waals surface area contributed by atoms with Gasteiger partial charge in [0.15, 0.2) is 5.75 Å². The summed E-state index contributed by atoms with van der Waals surface area (Å²) in [5.41, 5.74) is 3.52. The normalized spacial score (nSPS) is 16.2. The van der Waals surface area contributed by atoms with Crippen LogP contribution in [0.5, 0.6) is 17.4 Å². The lowest BCUT2D eigenvalue weighted by Crippen LogP contribution is -2.46. The zero-order valence-electron chi connectivity index (χ0n) is 25.3. The highest BCUT2D eigenvalue weighted by Gasteiger charge is 2.50. The lowest BCUT2D eigenvalue weighted by Gasteiger charge is -2.28. The van der Waals surface area contributed by atoms with Gasteiger partial charge in [0.25, 0.3) is 0 Å². The largest absolute Gasteiger partial charge is 0.490 e. The van der Waals surface area contributed by atoms with E-state index in [-0.39, 0.29) is 18.1 Å². The number of hydrogen-bond acceptors (Lipinski definition) is 9. The first-order chi connectivity index (χ1) is 21.8. The number of β-amino-alcohol motifs (C(OH)–C–C–N with tert-alkyl or cyclic N) is 1. The smallest absolute Gasteiger partial charge is 0.235 e. The van der Waals surface area contributed by atoms with E-state index in [4.69, 9.17) is 9.47 Å². The van der Waals surface area contributed by atoms with Crippen LogP contribution in [0, 0.1) is 0 Å². The zero-order valence-corrected chi connectivity index (χ0v) is 25.3. The van der Waals surface area contributed by atoms with Crippen LogP contribution in [-0.2, 0) is 16.6 Å². The molecule has 7 rings (SSSR count). The van der Waals surface area contributed by atoms with E-state index in [1.807, 2.05) is 42.6 Å². The number of anilines is 1. The Bertz CT molecular complexity index is 1830. The lowest BCUT2D eigenvalue weighted by atomic mass is 9.79. The van der Waals surface area contributed by atoms with E-state index in [2.05, 4.69) is 61.1 Å². The van der Waals surface area contributed by atoms with Gasteiger partial charge in [-0.05, 0) is 74.2 Å². The molecule has 0 saturated heterocycles. The number of aliphatic hydroxyl groups is 1. The average Bonchev–Trinajstić information content (AvgIpc) is 3.85. The summed E-state index contributed by atoms with van der Waals surface area (Å²) in [7, 11) is 0. The van der Waals surface area contributed by atoms with Crippen molar-refractivity contribution in [1.29, 1.82) is 0 Å². The minimum atomic E-state index is -0.737. The summed E-state index contributed by atoms with van der Waals surface area (Å²) >= 11 is 0. The maximum absolute atomic E-state index is 12.9. The predicted octanol–water partition coefficient (Wildman–Crippen LogP) is 4.65. The molecule has 2 aromatic carbocycles. The number of H-pyrrole nitrogens is 2. The van der Waals surface area contributed by atoms with Gasteiger partial charge in [-0.15, -0.1) is 10.2 Å². The molecule has 1 aliphatic carbocycles. The van der Waals surface area contributed by atoms with E-state index in [1.165, 1.54) is 0 Å². The molecule has 1 spiro atoms. The van der Waals surface area contributed by atoms with Gasteiger partial charge in [0.05, 0.1) is 16.5 Å². The molecule has 3 aromatic heterocycles. The maximum Gasteiger partial charge on any atom is 0.235 e. The number of rotatable bonds is 11. The summed E-state index contributed by atoms with van der Waals surface area (Å²) in [6, 6.07) is 15.2. The van der Waals surface area contributed by atoms with Crippen molar-refractivity contribution in [2.75, 3.05) is 18.5 Å². The van der Waals surface area contributed by atoms with E-state index < -0.39 is 11.5 Å². The Labute approximate surface area is 260 Å². The van der Waals surface area contributed by atoms with Crippen molar-refractivity contribution in [2.24, 2.45) is 0 Å². The molecule has 1 fully saturated rings. The van der Waals surface area contributed by atoms with Gasteiger partial charge in [-0.25, -0.2) is 4.98 Å². The van der Waals surface area contributed by atoms with Gasteiger partial charge in [-0.1, -0.05) is 31.0 Å². The second-order valence-electron chi connectivity index (χ2n) is 12.5. The van der Waals surface area contributed by atoms with Crippen LogP contribution in [0.1, 0.15) is 50.7 Å². The topological polar surface area (TPSA) is 163 Å². The van der Waals surface area contributed by atoms with Crippen LogP contribution in [-0.4, -0.2) is 66.4 Å². The monoisotopic (exact) mass is 608 g/mol. The first-order valence-corrected chi connectivity index (χ1v) is 15.3. The quantitative estimate of drug-likeness (QED) is 0.144. The van der Waals surface area contributed by atoms with Gasteiger partial charge in [0.2, 0.25) is 17.6 Å². The van der Waals surface area contributed by atoms with Crippen LogP contribution >= 0.6 is 0 Å². The maximum atomic E-state index is 12.9. The van der Waals surface area contributed by atoms with Crippen LogP contribution in [0.3, 0.4) is 0 Å². The second-order valence-corrected chi connectivity index (χ2v) is 12.5. The van der Waals surface area contributed by atoms with Gasteiger partial charge in [0, 0.05) is 41.1 Å². The van der Waals surface area contributed by atoms with Gasteiger partial charge < -0.3 is 30.2 Å². The third-order valence-electron chi connectivity index (χ3n) is 8.85. The van der Waals surface area contributed by atoms with Gasteiger partial charge >= 0.3 is 0 Å². The minimum absolute atomic E-state index is 0.0660. The Morgan fingerprint density at radius 2 is 1.91 bits per heavy atom. The van der Waals surface area contributed by atoms with Crippen LogP contribution in [0.15, 0.2) is 60.9 Å². The van der Waals surface area contributed by atoms with Crippen LogP contribution in [0.4, 0.5) is 5.69 Å². The molecule has 5 N–H and O–H groups in total. The van der Waals surface area contributed by atoms with Crippen molar-refractivity contribution in [3.63, 3.8) is 0 Å². The third kappa shape index (κ3) is 5.51. The molecule has 1 amide bonds. The van der Waals surface area contributed by atoms with Crippen molar-refractivity contribution < 1.29 is 19.4 Å². The van der Waals surface area contributed by atoms with E-state index in [1.54, 1.807) is 12.3 Å². The molecule has 5 aromatic rings. The average molecular weight is 609 g/mol. The summed E-state index contributed by atoms with van der Waals surface area (Å²) in [5, 5.41) is 32.7. The number of benzene rings is 2. The number of carbonyl (C=O) groups is 1. The molecule has 4 heterocycles. The van der Waals surface area contributed by atoms with Crippen molar-refractivity contribution in [1.82, 2.24) is 35.9 Å². The highest BCUT2D eigenvalue weighted by atomic mass is 16.5. The summed E-state index contributed by atoms with van der Waals surface area (Å²) < 4.78 is 12.4. The molecule has 1 atom stereocenters. The molecule has 232 valence electrons. The third-order valence-corrected chi connectivity index (χ3v) is 8.85. The molecule has 0 radical (unpaired) electrons. The summed E-state index contributed by atoms with van der Waals surface area (Å²) in [6.45, 7) is 4.68. The highest BCUT2D eigenvalue weighted by molar-refractivity contribution is 6.07. The number of tetrazole rings is 1. The van der Waals surface area contributed by atoms with Gasteiger partial charge in [-0.3, -0.25) is 4.79 Å². The molecular formula is C33H36N8O4. The van der Waals surface area contributed by atoms with Crippen molar-refractivity contribution in [2.45, 2.75) is 63.0 Å². The first-order valence-electron chi connectivity index (χ1n) is 15.3. The van der Waals surface area contributed by atoms with Gasteiger partial charge in [-0.2, -0.15) is 5.21 Å². The van der Waals surface area contributed by atoms with Crippen molar-refractivity contribution in [3.05, 3.63) is 72.1 Å². The van der Waals surface area contributed by atoms with E-state index in [0.29, 0.717) is 41.7 Å². The SMILES string of the molecule is CC(C)(Cc1c[nH]c2c(Oc3ncccc3-c3nn[nH]n3)cccc12)NCC(O)COc1cccc2c1C1(CCCC1)C(=O)N2. The molecule has 1 aliphatic heterocycles. The second kappa shape index (κ2) is 11.6. The fourth-order valence-electron chi connectivity index (χ4n) is 6.68. The number of amides is 1. The lowest BCUT2D eigenvalue weighted by molar-refractivity contribution is -0.120. The number of aliphatic hydroxyl groups excluding tert-OH is 1. The van der Waals surface area contributed by atoms with Crippen LogP contribution in [0.2, 0.25) is 0 Å². The van der Waals surface area contributed by atoms with E-state index in [0.717, 1.165) is 53.4 Å². The Kier molecular flexibility index (Phi) is 7.46. The number of nitrogens with one attached hydrogen (secondary N) is 4. The van der Waals surface area contributed by atoms with Crippen LogP contribution < -0.4 is 20.1 Å². The highest BCUT2D eigenvalue weighted by Crippen LogP contribution is 2.52. The van der Waals surface area contributed by atoms with Gasteiger partial charge in [0.1, 0.15) is 18.5 Å². The number of ether oxygens (including phenoxy) is 2. The molecule has 0 bridgehead atoms. The Morgan fingerprint density at radius 3 is 2.73 bits per heavy atom. The number of aromatic amines is 2. The molecule has 1 unspecified atom stereocenters. The fraction of sp³-hybridized carbons (Fsp3) is 0.364. The predicted molar refractivity (Wildman–Crippen MR) is 168 cm³/mol. The molecular weight excluding hydrogens is 572 g/mol. The zero-order chi connectivity index (χ0) is 31.0. The van der Waals surface area contributed by atoms with Crippen LogP contribution in [0.25, 0.3) is 22.3 Å². The Hall–Kier alpha value is -4.81. The minimum Gasteiger partial charge on any atom is -0.490 e. The summed E-state index contributed by atoms with van der Waals surface area (Å²) in [4.78, 5) is 20.7. The van der Waals surface area contributed by atoms with E-state index in [9.17, 15) is 9.90 Å². The molecule has 2 aliphatic rings. The number of nitrogens with zero attached hydrogens (tertiary/aromatic N) is 4. The number of hydrogen-bond donors (Lipinski definition) is 5. The molecule has 45 heavy (non-hydrogen) atoms. The van der Waals surface area contributed by atoms with E-state index >= 15 is 0 Å². The Balaban J connectivity index is 0.998. The van der Waals surface area contributed by atoms with Crippen molar-refractivity contribution in [3.8, 4) is 28.8 Å². The number of para-hydroxylation sites is 1. The number of carbonyl (C=O) groups excluding carboxylic acids is 1. The fourth-order valence-corrected chi connectivity index (χ4v) is 6.68. The molecule has 1 saturated carbocycles. The summed E-state index contributed by atoms with van der Waals surface area (Å²) in [6.07, 6.45) is 7.32. The number of fused-ring (bicyclic) bond motifs is 3. The first kappa shape index (κ1) is 28.9. The molecule has 12 heteroatoms. The van der Waals surface area contributed by atoms with Crippen molar-refractivity contribution >= 4 is 22.5 Å².